The van der Waals surface area contributed by atoms with E-state index in [1.165, 1.54) is 23.1 Å². The Labute approximate surface area is 156 Å². The standard InChI is InChI=1S/C14H22N4O3S2.ClH/c1-2-21-12(20)9-22-14-18-17-13(23-14)16-11(19)4-3-10-5-7-15-8-6-10;/h10,15H,2-9H2,1H3,(H,16,17,19);1H. The first kappa shape index (κ1) is 21.1. The predicted molar refractivity (Wildman–Crippen MR) is 98.0 cm³/mol. The molecule has 1 aliphatic rings. The highest BCUT2D eigenvalue weighted by atomic mass is 35.5. The first-order chi connectivity index (χ1) is 11.2. The predicted octanol–water partition coefficient (Wildman–Crippen LogP) is 2.33. The van der Waals surface area contributed by atoms with E-state index in [2.05, 4.69) is 20.8 Å². The minimum absolute atomic E-state index is 0. The number of piperidine rings is 1. The van der Waals surface area contributed by atoms with Gasteiger partial charge in [0.25, 0.3) is 0 Å². The van der Waals surface area contributed by atoms with E-state index in [0.29, 0.717) is 28.4 Å². The van der Waals surface area contributed by atoms with Gasteiger partial charge < -0.3 is 15.4 Å². The Morgan fingerprint density at radius 2 is 2.12 bits per heavy atom. The summed E-state index contributed by atoms with van der Waals surface area (Å²) in [6.07, 6.45) is 3.70. The molecule has 1 fully saturated rings. The van der Waals surface area contributed by atoms with Crippen LogP contribution in [0.15, 0.2) is 4.34 Å². The third-order valence-corrected chi connectivity index (χ3v) is 5.46. The van der Waals surface area contributed by atoms with Crippen LogP contribution in [0.5, 0.6) is 0 Å². The van der Waals surface area contributed by atoms with Gasteiger partial charge >= 0.3 is 5.97 Å². The van der Waals surface area contributed by atoms with Crippen LogP contribution >= 0.6 is 35.5 Å². The van der Waals surface area contributed by atoms with Crippen LogP contribution in [-0.4, -0.2) is 47.5 Å². The Morgan fingerprint density at radius 1 is 1.38 bits per heavy atom. The Balaban J connectivity index is 0.00000288. The average molecular weight is 395 g/mol. The number of aromatic nitrogens is 2. The maximum absolute atomic E-state index is 11.9. The number of carbonyl (C=O) groups is 2. The molecule has 0 unspecified atom stereocenters. The van der Waals surface area contributed by atoms with Crippen molar-refractivity contribution in [2.75, 3.05) is 30.8 Å². The van der Waals surface area contributed by atoms with Gasteiger partial charge in [-0.15, -0.1) is 22.6 Å². The first-order valence-electron chi connectivity index (χ1n) is 7.80. The fraction of sp³-hybridized carbons (Fsp3) is 0.714. The number of hydrogen-bond acceptors (Lipinski definition) is 8. The molecule has 0 aliphatic carbocycles. The van der Waals surface area contributed by atoms with E-state index in [1.807, 2.05) is 0 Å². The van der Waals surface area contributed by atoms with E-state index in [-0.39, 0.29) is 30.0 Å². The van der Waals surface area contributed by atoms with Crippen molar-refractivity contribution in [2.45, 2.75) is 36.9 Å². The molecule has 1 saturated heterocycles. The number of hydrogen-bond donors (Lipinski definition) is 2. The van der Waals surface area contributed by atoms with Gasteiger partial charge in [0.1, 0.15) is 0 Å². The minimum atomic E-state index is -0.278. The van der Waals surface area contributed by atoms with Crippen molar-refractivity contribution in [3.05, 3.63) is 0 Å². The van der Waals surface area contributed by atoms with Crippen molar-refractivity contribution in [1.29, 1.82) is 0 Å². The average Bonchev–Trinajstić information content (AvgIpc) is 3.00. The number of carbonyl (C=O) groups excluding carboxylic acids is 2. The highest BCUT2D eigenvalue weighted by Crippen LogP contribution is 2.26. The monoisotopic (exact) mass is 394 g/mol. The zero-order valence-electron chi connectivity index (χ0n) is 13.6. The zero-order valence-corrected chi connectivity index (χ0v) is 16.0. The maximum atomic E-state index is 11.9. The van der Waals surface area contributed by atoms with Gasteiger partial charge in [0, 0.05) is 6.42 Å². The van der Waals surface area contributed by atoms with Gasteiger partial charge in [0.15, 0.2) is 4.34 Å². The van der Waals surface area contributed by atoms with E-state index in [9.17, 15) is 9.59 Å². The fourth-order valence-electron chi connectivity index (χ4n) is 2.33. The number of amides is 1. The molecule has 24 heavy (non-hydrogen) atoms. The summed E-state index contributed by atoms with van der Waals surface area (Å²) in [6.45, 7) is 4.23. The van der Waals surface area contributed by atoms with Crippen LogP contribution in [0.2, 0.25) is 0 Å². The minimum Gasteiger partial charge on any atom is -0.465 e. The molecule has 1 aromatic heterocycles. The second kappa shape index (κ2) is 11.6. The highest BCUT2D eigenvalue weighted by Gasteiger charge is 2.15. The third kappa shape index (κ3) is 7.78. The second-order valence-electron chi connectivity index (χ2n) is 5.25. The lowest BCUT2D eigenvalue weighted by Crippen LogP contribution is -2.28. The Kier molecular flexibility index (Phi) is 10.2. The maximum Gasteiger partial charge on any atom is 0.316 e. The number of rotatable bonds is 8. The fourth-order valence-corrected chi connectivity index (χ4v) is 3.90. The van der Waals surface area contributed by atoms with Crippen molar-refractivity contribution >= 4 is 52.5 Å². The molecule has 0 atom stereocenters. The molecule has 7 nitrogen and oxygen atoms in total. The molecule has 0 aromatic carbocycles. The van der Waals surface area contributed by atoms with Gasteiger partial charge in [-0.25, -0.2) is 0 Å². The van der Waals surface area contributed by atoms with Crippen molar-refractivity contribution in [1.82, 2.24) is 15.5 Å². The van der Waals surface area contributed by atoms with Crippen LogP contribution in [0.25, 0.3) is 0 Å². The quantitative estimate of drug-likeness (QED) is 0.397. The summed E-state index contributed by atoms with van der Waals surface area (Å²) >= 11 is 2.54. The lowest BCUT2D eigenvalue weighted by atomic mass is 9.93. The van der Waals surface area contributed by atoms with Crippen LogP contribution in [0.1, 0.15) is 32.6 Å². The summed E-state index contributed by atoms with van der Waals surface area (Å²) in [5.74, 6) is 0.528. The number of nitrogens with one attached hydrogen (secondary N) is 2. The van der Waals surface area contributed by atoms with E-state index >= 15 is 0 Å². The molecule has 0 bridgehead atoms. The van der Waals surface area contributed by atoms with Gasteiger partial charge in [-0.05, 0) is 45.2 Å². The van der Waals surface area contributed by atoms with Crippen LogP contribution < -0.4 is 10.6 Å². The van der Waals surface area contributed by atoms with Crippen LogP contribution in [0.3, 0.4) is 0 Å². The van der Waals surface area contributed by atoms with E-state index in [1.54, 1.807) is 6.92 Å². The lowest BCUT2D eigenvalue weighted by Gasteiger charge is -2.21. The highest BCUT2D eigenvalue weighted by molar-refractivity contribution is 8.01. The number of thioether (sulfide) groups is 1. The van der Waals surface area contributed by atoms with Crippen molar-refractivity contribution in [2.24, 2.45) is 5.92 Å². The smallest absolute Gasteiger partial charge is 0.316 e. The van der Waals surface area contributed by atoms with E-state index in [0.717, 1.165) is 32.4 Å². The van der Waals surface area contributed by atoms with Crippen molar-refractivity contribution in [3.63, 3.8) is 0 Å². The molecule has 1 amide bonds. The van der Waals surface area contributed by atoms with Crippen LogP contribution in [-0.2, 0) is 14.3 Å². The van der Waals surface area contributed by atoms with E-state index in [4.69, 9.17) is 4.74 Å². The van der Waals surface area contributed by atoms with Gasteiger partial charge in [0.05, 0.1) is 12.4 Å². The molecule has 10 heteroatoms. The topological polar surface area (TPSA) is 93.2 Å². The number of halogens is 1. The summed E-state index contributed by atoms with van der Waals surface area (Å²) in [5, 5.41) is 14.5. The van der Waals surface area contributed by atoms with Gasteiger partial charge in [-0.2, -0.15) is 0 Å². The summed E-state index contributed by atoms with van der Waals surface area (Å²) in [7, 11) is 0. The normalized spacial score (nSPS) is 14.7. The van der Waals surface area contributed by atoms with E-state index < -0.39 is 0 Å². The number of anilines is 1. The third-order valence-electron chi connectivity index (χ3n) is 3.51. The van der Waals surface area contributed by atoms with Gasteiger partial charge in [0.2, 0.25) is 11.0 Å². The summed E-state index contributed by atoms with van der Waals surface area (Å²) in [5.41, 5.74) is 0. The largest absolute Gasteiger partial charge is 0.465 e. The van der Waals surface area contributed by atoms with Gasteiger partial charge in [-0.3, -0.25) is 9.59 Å². The summed E-state index contributed by atoms with van der Waals surface area (Å²) in [6, 6.07) is 0. The molecule has 2 heterocycles. The molecule has 1 aliphatic heterocycles. The van der Waals surface area contributed by atoms with Crippen LogP contribution in [0, 0.1) is 5.92 Å². The van der Waals surface area contributed by atoms with Crippen molar-refractivity contribution in [3.8, 4) is 0 Å². The zero-order chi connectivity index (χ0) is 16.5. The SMILES string of the molecule is CCOC(=O)CSc1nnc(NC(=O)CCC2CCNCC2)s1.Cl. The number of esters is 1. The molecular formula is C14H23ClN4O3S2. The summed E-state index contributed by atoms with van der Waals surface area (Å²) < 4.78 is 5.49. The first-order valence-corrected chi connectivity index (χ1v) is 9.60. The Morgan fingerprint density at radius 3 is 2.83 bits per heavy atom. The summed E-state index contributed by atoms with van der Waals surface area (Å²) in [4.78, 5) is 23.2. The van der Waals surface area contributed by atoms with Gasteiger partial charge in [-0.1, -0.05) is 23.1 Å². The molecule has 0 spiro atoms. The molecule has 0 saturated carbocycles. The number of nitrogens with zero attached hydrogens (tertiary/aromatic N) is 2. The number of ether oxygens (including phenoxy) is 1. The molecule has 2 rings (SSSR count). The molecule has 2 N–H and O–H groups in total. The molecular weight excluding hydrogens is 372 g/mol. The Hall–Kier alpha value is -0.900. The van der Waals surface area contributed by atoms with Crippen molar-refractivity contribution < 1.29 is 14.3 Å². The second-order valence-corrected chi connectivity index (χ2v) is 7.45. The molecule has 1 aromatic rings. The van der Waals surface area contributed by atoms with Crippen LogP contribution in [0.4, 0.5) is 5.13 Å². The Bertz CT molecular complexity index is 524. The molecule has 136 valence electrons. The molecule has 0 radical (unpaired) electrons. The lowest BCUT2D eigenvalue weighted by molar-refractivity contribution is -0.139.